The molecule has 0 aliphatic heterocycles. The summed E-state index contributed by atoms with van der Waals surface area (Å²) in [6.07, 6.45) is 1.24. The molecule has 1 aromatic heterocycles. The van der Waals surface area contributed by atoms with Crippen LogP contribution in [0.25, 0.3) is 0 Å². The van der Waals surface area contributed by atoms with E-state index in [0.29, 0.717) is 0 Å². The Kier molecular flexibility index (Phi) is 1.27. The molecule has 0 amide bonds. The van der Waals surface area contributed by atoms with Crippen LogP contribution in [-0.2, 0) is 6.67 Å². The zero-order valence-electron chi connectivity index (χ0n) is 4.66. The predicted octanol–water partition coefficient (Wildman–Crippen LogP) is -1.20. The number of nitrogens with one attached hydrogen (secondary N) is 1. The third-order valence-corrected chi connectivity index (χ3v) is 0.971. The standard InChI is InChI=1S/C4H7N3O2/c5-2-7-1-3(8)6-4(7)9/h1,8H,2,5H2,(H,6,9). The Morgan fingerprint density at radius 3 is 2.78 bits per heavy atom. The minimum Gasteiger partial charge on any atom is -0.493 e. The first-order chi connectivity index (χ1) is 4.24. The zero-order chi connectivity index (χ0) is 6.85. The van der Waals surface area contributed by atoms with Crippen molar-refractivity contribution in [2.45, 2.75) is 6.67 Å². The van der Waals surface area contributed by atoms with Gasteiger partial charge in [0.2, 0.25) is 5.88 Å². The minimum atomic E-state index is -0.394. The van der Waals surface area contributed by atoms with Crippen LogP contribution in [-0.4, -0.2) is 14.7 Å². The third kappa shape index (κ3) is 0.945. The fourth-order valence-corrected chi connectivity index (χ4v) is 0.555. The summed E-state index contributed by atoms with van der Waals surface area (Å²) in [4.78, 5) is 12.7. The van der Waals surface area contributed by atoms with Crippen LogP contribution in [0.2, 0.25) is 0 Å². The van der Waals surface area contributed by atoms with E-state index < -0.39 is 5.69 Å². The van der Waals surface area contributed by atoms with Gasteiger partial charge in [-0.05, 0) is 0 Å². The van der Waals surface area contributed by atoms with E-state index in [4.69, 9.17) is 10.8 Å². The Hall–Kier alpha value is -1.23. The number of rotatable bonds is 1. The Bertz CT molecular complexity index is 249. The summed E-state index contributed by atoms with van der Waals surface area (Å²) in [6.45, 7) is 0.0793. The molecule has 0 saturated carbocycles. The van der Waals surface area contributed by atoms with E-state index in [1.807, 2.05) is 0 Å². The van der Waals surface area contributed by atoms with Crippen molar-refractivity contribution in [3.8, 4) is 5.88 Å². The normalized spacial score (nSPS) is 9.89. The molecule has 4 N–H and O–H groups in total. The quantitative estimate of drug-likeness (QED) is 0.445. The van der Waals surface area contributed by atoms with Crippen molar-refractivity contribution >= 4 is 0 Å². The molecule has 5 nitrogen and oxygen atoms in total. The van der Waals surface area contributed by atoms with Crippen molar-refractivity contribution in [1.82, 2.24) is 9.55 Å². The molecule has 1 heterocycles. The zero-order valence-corrected chi connectivity index (χ0v) is 4.66. The highest BCUT2D eigenvalue weighted by Gasteiger charge is 1.95. The van der Waals surface area contributed by atoms with Gasteiger partial charge >= 0.3 is 5.69 Å². The lowest BCUT2D eigenvalue weighted by atomic mass is 10.8. The molecule has 0 unspecified atom stereocenters. The lowest BCUT2D eigenvalue weighted by molar-refractivity contribution is 0.455. The molecule has 5 heteroatoms. The molecule has 9 heavy (non-hydrogen) atoms. The molecule has 0 radical (unpaired) electrons. The van der Waals surface area contributed by atoms with Crippen molar-refractivity contribution in [1.29, 1.82) is 0 Å². The molecule has 50 valence electrons. The first-order valence-electron chi connectivity index (χ1n) is 2.42. The van der Waals surface area contributed by atoms with E-state index in [0.717, 1.165) is 4.57 Å². The first-order valence-corrected chi connectivity index (χ1v) is 2.42. The number of aromatic nitrogens is 2. The molecular formula is C4H7N3O2. The second kappa shape index (κ2) is 1.94. The topological polar surface area (TPSA) is 84.0 Å². The van der Waals surface area contributed by atoms with Crippen LogP contribution >= 0.6 is 0 Å². The SMILES string of the molecule is NCn1cc(O)[nH]c1=O. The smallest absolute Gasteiger partial charge is 0.329 e. The van der Waals surface area contributed by atoms with E-state index in [1.54, 1.807) is 0 Å². The van der Waals surface area contributed by atoms with Crippen molar-refractivity contribution in [2.24, 2.45) is 5.73 Å². The van der Waals surface area contributed by atoms with Gasteiger partial charge in [0.1, 0.15) is 0 Å². The second-order valence-corrected chi connectivity index (χ2v) is 1.60. The minimum absolute atomic E-state index is 0.0793. The third-order valence-electron chi connectivity index (χ3n) is 0.971. The molecule has 0 fully saturated rings. The molecule has 0 spiro atoms. The Morgan fingerprint density at radius 1 is 1.89 bits per heavy atom. The van der Waals surface area contributed by atoms with Gasteiger partial charge in [0, 0.05) is 0 Å². The van der Waals surface area contributed by atoms with Crippen molar-refractivity contribution in [3.63, 3.8) is 0 Å². The summed E-state index contributed by atoms with van der Waals surface area (Å²) in [5.74, 6) is -0.162. The lowest BCUT2D eigenvalue weighted by Crippen LogP contribution is -2.20. The number of nitrogens with two attached hydrogens (primary N) is 1. The fourth-order valence-electron chi connectivity index (χ4n) is 0.555. The van der Waals surface area contributed by atoms with Gasteiger partial charge in [-0.1, -0.05) is 0 Å². The van der Waals surface area contributed by atoms with Crippen molar-refractivity contribution < 1.29 is 5.11 Å². The number of aromatic amines is 1. The van der Waals surface area contributed by atoms with Gasteiger partial charge in [-0.15, -0.1) is 0 Å². The van der Waals surface area contributed by atoms with Gasteiger partial charge in [-0.3, -0.25) is 9.55 Å². The van der Waals surface area contributed by atoms with E-state index in [9.17, 15) is 4.79 Å². The van der Waals surface area contributed by atoms with E-state index in [1.165, 1.54) is 6.20 Å². The first kappa shape index (κ1) is 5.90. The van der Waals surface area contributed by atoms with Gasteiger partial charge in [-0.25, -0.2) is 4.79 Å². The van der Waals surface area contributed by atoms with E-state index >= 15 is 0 Å². The molecule has 1 aromatic rings. The molecule has 0 aliphatic rings. The number of nitrogens with zero attached hydrogens (tertiary/aromatic N) is 1. The van der Waals surface area contributed by atoms with Crippen molar-refractivity contribution in [2.75, 3.05) is 0 Å². The molecule has 0 atom stereocenters. The number of aromatic hydroxyl groups is 1. The Morgan fingerprint density at radius 2 is 2.56 bits per heavy atom. The molecule has 1 rings (SSSR count). The summed E-state index contributed by atoms with van der Waals surface area (Å²) >= 11 is 0. The maximum Gasteiger partial charge on any atom is 0.329 e. The number of H-pyrrole nitrogens is 1. The predicted molar refractivity (Wildman–Crippen MR) is 30.9 cm³/mol. The summed E-state index contributed by atoms with van der Waals surface area (Å²) in [7, 11) is 0. The van der Waals surface area contributed by atoms with Crippen LogP contribution in [0.5, 0.6) is 5.88 Å². The maximum absolute atomic E-state index is 10.5. The number of hydrogen-bond acceptors (Lipinski definition) is 3. The highest BCUT2D eigenvalue weighted by Crippen LogP contribution is 1.94. The lowest BCUT2D eigenvalue weighted by Gasteiger charge is -1.87. The summed E-state index contributed by atoms with van der Waals surface area (Å²) in [5, 5.41) is 8.63. The average molecular weight is 129 g/mol. The van der Waals surface area contributed by atoms with Crippen LogP contribution in [0.3, 0.4) is 0 Å². The molecular weight excluding hydrogens is 122 g/mol. The molecule has 0 aliphatic carbocycles. The highest BCUT2D eigenvalue weighted by atomic mass is 16.3. The Labute approximate surface area is 50.7 Å². The molecule has 0 saturated heterocycles. The monoisotopic (exact) mass is 129 g/mol. The fraction of sp³-hybridized carbons (Fsp3) is 0.250. The summed E-state index contributed by atoms with van der Waals surface area (Å²) < 4.78 is 1.16. The number of hydrogen-bond donors (Lipinski definition) is 3. The van der Waals surface area contributed by atoms with Gasteiger partial charge in [-0.2, -0.15) is 0 Å². The van der Waals surface area contributed by atoms with Crippen LogP contribution in [0, 0.1) is 0 Å². The van der Waals surface area contributed by atoms with Gasteiger partial charge in [0.15, 0.2) is 0 Å². The van der Waals surface area contributed by atoms with Crippen LogP contribution in [0.1, 0.15) is 0 Å². The molecule has 0 bridgehead atoms. The second-order valence-electron chi connectivity index (χ2n) is 1.60. The largest absolute Gasteiger partial charge is 0.493 e. The average Bonchev–Trinajstić information content (AvgIpc) is 2.10. The molecule has 0 aromatic carbocycles. The maximum atomic E-state index is 10.5. The van der Waals surface area contributed by atoms with Crippen molar-refractivity contribution in [3.05, 3.63) is 16.7 Å². The van der Waals surface area contributed by atoms with E-state index in [2.05, 4.69) is 4.98 Å². The number of imidazole rings is 1. The van der Waals surface area contributed by atoms with Gasteiger partial charge in [0.05, 0.1) is 12.9 Å². The van der Waals surface area contributed by atoms with Crippen LogP contribution in [0.15, 0.2) is 11.0 Å². The van der Waals surface area contributed by atoms with Crippen LogP contribution < -0.4 is 11.4 Å². The van der Waals surface area contributed by atoms with E-state index in [-0.39, 0.29) is 12.5 Å². The van der Waals surface area contributed by atoms with Gasteiger partial charge in [0.25, 0.3) is 0 Å². The summed E-state index contributed by atoms with van der Waals surface area (Å²) in [6, 6.07) is 0. The van der Waals surface area contributed by atoms with Gasteiger partial charge < -0.3 is 10.8 Å². The summed E-state index contributed by atoms with van der Waals surface area (Å²) in [5.41, 5.74) is 4.70. The Balaban J connectivity index is 3.16. The van der Waals surface area contributed by atoms with Crippen LogP contribution in [0.4, 0.5) is 0 Å². The highest BCUT2D eigenvalue weighted by molar-refractivity contribution is 5.00.